The number of nitrogen functional groups attached to an aromatic ring is 2. The minimum Gasteiger partial charge on any atom is -0.382 e. The van der Waals surface area contributed by atoms with Crippen LogP contribution < -0.4 is 17.0 Å². The Labute approximate surface area is 155 Å². The Bertz CT molecular complexity index is 1040. The predicted molar refractivity (Wildman–Crippen MR) is 104 cm³/mol. The predicted octanol–water partition coefficient (Wildman–Crippen LogP) is 2.75. The van der Waals surface area contributed by atoms with E-state index in [1.54, 1.807) is 10.6 Å². The third-order valence-electron chi connectivity index (χ3n) is 3.81. The summed E-state index contributed by atoms with van der Waals surface area (Å²) in [7, 11) is 0. The number of halogens is 1. The summed E-state index contributed by atoms with van der Waals surface area (Å²) in [5, 5.41) is 10.5. The molecule has 7 nitrogen and oxygen atoms in total. The molecule has 0 radical (unpaired) electrons. The molecule has 2 aromatic heterocycles. The van der Waals surface area contributed by atoms with Gasteiger partial charge in [0.25, 0.3) is 5.56 Å². The topological polar surface area (TPSA) is 124 Å². The average molecular weight is 371 g/mol. The molecule has 0 saturated heterocycles. The quantitative estimate of drug-likeness (QED) is 0.714. The van der Waals surface area contributed by atoms with Crippen LogP contribution in [0.2, 0.25) is 5.02 Å². The largest absolute Gasteiger partial charge is 0.382 e. The molecule has 8 heteroatoms. The summed E-state index contributed by atoms with van der Waals surface area (Å²) in [4.78, 5) is 19.4. The van der Waals surface area contributed by atoms with Crippen LogP contribution in [0.1, 0.15) is 25.1 Å². The molecule has 0 saturated carbocycles. The zero-order valence-corrected chi connectivity index (χ0v) is 15.3. The highest BCUT2D eigenvalue weighted by molar-refractivity contribution is 6.35. The van der Waals surface area contributed by atoms with Crippen molar-refractivity contribution in [1.29, 1.82) is 5.26 Å². The Morgan fingerprint density at radius 1 is 1.31 bits per heavy atom. The van der Waals surface area contributed by atoms with Crippen LogP contribution in [0.4, 0.5) is 11.8 Å². The monoisotopic (exact) mass is 370 g/mol. The maximum absolute atomic E-state index is 12.2. The number of hydrogen-bond acceptors (Lipinski definition) is 6. The van der Waals surface area contributed by atoms with Crippen LogP contribution in [-0.4, -0.2) is 14.5 Å². The van der Waals surface area contributed by atoms with E-state index in [2.05, 4.69) is 16.9 Å². The van der Waals surface area contributed by atoms with Gasteiger partial charge in [-0.15, -0.1) is 0 Å². The molecule has 0 aliphatic carbocycles. The number of nitriles is 1. The van der Waals surface area contributed by atoms with Gasteiger partial charge < -0.3 is 16.0 Å². The highest BCUT2D eigenvalue weighted by atomic mass is 35.5. The molecule has 0 bridgehead atoms. The molecule has 0 atom stereocenters. The molecular weight excluding hydrogens is 352 g/mol. The molecule has 1 aromatic carbocycles. The van der Waals surface area contributed by atoms with Crippen molar-refractivity contribution >= 4 is 34.1 Å². The lowest BCUT2D eigenvalue weighted by Gasteiger charge is -2.11. The van der Waals surface area contributed by atoms with Crippen molar-refractivity contribution in [1.82, 2.24) is 14.5 Å². The fourth-order valence-corrected chi connectivity index (χ4v) is 2.81. The zero-order chi connectivity index (χ0) is 19.3. The van der Waals surface area contributed by atoms with E-state index in [-0.39, 0.29) is 22.9 Å². The van der Waals surface area contributed by atoms with Crippen molar-refractivity contribution in [3.8, 4) is 6.07 Å². The van der Waals surface area contributed by atoms with E-state index in [1.807, 2.05) is 31.2 Å². The third kappa shape index (κ3) is 3.92. The van der Waals surface area contributed by atoms with Gasteiger partial charge in [-0.2, -0.15) is 10.2 Å². The van der Waals surface area contributed by atoms with E-state index in [4.69, 9.17) is 28.3 Å². The van der Waals surface area contributed by atoms with Gasteiger partial charge >= 0.3 is 0 Å². The van der Waals surface area contributed by atoms with Crippen molar-refractivity contribution in [2.45, 2.75) is 26.8 Å². The molecule has 4 N–H and O–H groups in total. The minimum absolute atomic E-state index is 0.0162. The molecule has 0 amide bonds. The van der Waals surface area contributed by atoms with Crippen molar-refractivity contribution in [2.24, 2.45) is 0 Å². The third-order valence-corrected chi connectivity index (χ3v) is 4.12. The Balaban J connectivity index is 0.000000209. The van der Waals surface area contributed by atoms with Gasteiger partial charge in [-0.05, 0) is 30.9 Å². The number of hydrogen-bond donors (Lipinski definition) is 2. The number of nitrogens with two attached hydrogens (primary N) is 2. The van der Waals surface area contributed by atoms with Crippen LogP contribution in [0.5, 0.6) is 0 Å². The van der Waals surface area contributed by atoms with E-state index in [9.17, 15) is 4.79 Å². The molecule has 26 heavy (non-hydrogen) atoms. The summed E-state index contributed by atoms with van der Waals surface area (Å²) in [6, 6.07) is 9.43. The molecule has 0 fully saturated rings. The SMILES string of the molecule is CCc1cc2cccc(Cl)c2c(=O)n1CC.N#Cc1cnc(N)nc1N. The molecule has 0 aliphatic rings. The average Bonchev–Trinajstić information content (AvgIpc) is 2.62. The molecule has 2 heterocycles. The maximum atomic E-state index is 12.2. The number of fused-ring (bicyclic) bond motifs is 1. The van der Waals surface area contributed by atoms with Gasteiger partial charge in [0.15, 0.2) is 0 Å². The van der Waals surface area contributed by atoms with Gasteiger partial charge in [0.1, 0.15) is 17.5 Å². The molecular formula is C18H19ClN6O. The van der Waals surface area contributed by atoms with Crippen molar-refractivity contribution in [3.63, 3.8) is 0 Å². The lowest BCUT2D eigenvalue weighted by atomic mass is 10.1. The number of anilines is 2. The Hall–Kier alpha value is -3.11. The molecule has 134 valence electrons. The molecule has 3 aromatic rings. The normalized spacial score (nSPS) is 10.1. The second-order valence-electron chi connectivity index (χ2n) is 5.38. The van der Waals surface area contributed by atoms with Crippen LogP contribution in [0.15, 0.2) is 35.3 Å². The van der Waals surface area contributed by atoms with Gasteiger partial charge in [0.2, 0.25) is 5.95 Å². The van der Waals surface area contributed by atoms with Crippen molar-refractivity contribution in [2.75, 3.05) is 11.5 Å². The molecule has 0 aliphatic heterocycles. The van der Waals surface area contributed by atoms with Crippen LogP contribution >= 0.6 is 11.6 Å². The first kappa shape index (κ1) is 19.2. The molecule has 0 spiro atoms. The Kier molecular flexibility index (Phi) is 6.15. The van der Waals surface area contributed by atoms with Gasteiger partial charge in [-0.1, -0.05) is 30.7 Å². The standard InChI is InChI=1S/C13H14ClNO.C5H5N5/c1-3-10-8-9-6-5-7-11(14)12(9)13(16)15(10)4-2;6-1-3-2-9-5(8)10-4(3)7/h5-8H,3-4H2,1-2H3;2H,(H4,7,8,9,10). The lowest BCUT2D eigenvalue weighted by molar-refractivity contribution is 0.688. The number of rotatable bonds is 2. The van der Waals surface area contributed by atoms with E-state index >= 15 is 0 Å². The van der Waals surface area contributed by atoms with Crippen LogP contribution in [0, 0.1) is 11.3 Å². The number of aromatic nitrogens is 3. The summed E-state index contributed by atoms with van der Waals surface area (Å²) in [5.41, 5.74) is 11.8. The Morgan fingerprint density at radius 2 is 2.04 bits per heavy atom. The van der Waals surface area contributed by atoms with Gasteiger partial charge in [-0.3, -0.25) is 4.79 Å². The smallest absolute Gasteiger partial charge is 0.260 e. The lowest BCUT2D eigenvalue weighted by Crippen LogP contribution is -2.22. The first-order valence-electron chi connectivity index (χ1n) is 8.01. The number of nitrogens with zero attached hydrogens (tertiary/aromatic N) is 4. The van der Waals surface area contributed by atoms with Crippen molar-refractivity contribution in [3.05, 3.63) is 57.1 Å². The number of benzene rings is 1. The zero-order valence-electron chi connectivity index (χ0n) is 14.5. The summed E-state index contributed by atoms with van der Waals surface area (Å²) in [6.07, 6.45) is 2.14. The molecule has 3 rings (SSSR count). The summed E-state index contributed by atoms with van der Waals surface area (Å²) >= 11 is 6.07. The van der Waals surface area contributed by atoms with Crippen molar-refractivity contribution < 1.29 is 0 Å². The van der Waals surface area contributed by atoms with Crippen LogP contribution in [0.3, 0.4) is 0 Å². The minimum atomic E-state index is 0.0162. The van der Waals surface area contributed by atoms with E-state index in [0.29, 0.717) is 17.0 Å². The first-order valence-corrected chi connectivity index (χ1v) is 8.39. The number of pyridine rings is 1. The second kappa shape index (κ2) is 8.32. The summed E-state index contributed by atoms with van der Waals surface area (Å²) in [5.74, 6) is 0.200. The Morgan fingerprint density at radius 3 is 2.62 bits per heavy atom. The first-order chi connectivity index (χ1) is 12.4. The van der Waals surface area contributed by atoms with E-state index in [0.717, 1.165) is 17.5 Å². The van der Waals surface area contributed by atoms with Crippen LogP contribution in [-0.2, 0) is 13.0 Å². The van der Waals surface area contributed by atoms with Crippen LogP contribution in [0.25, 0.3) is 10.8 Å². The highest BCUT2D eigenvalue weighted by Gasteiger charge is 2.09. The molecule has 0 unspecified atom stereocenters. The van der Waals surface area contributed by atoms with E-state index in [1.165, 1.54) is 6.20 Å². The number of aryl methyl sites for hydroxylation is 1. The summed E-state index contributed by atoms with van der Waals surface area (Å²) < 4.78 is 1.79. The fraction of sp³-hybridized carbons (Fsp3) is 0.222. The van der Waals surface area contributed by atoms with Gasteiger partial charge in [-0.25, -0.2) is 4.98 Å². The maximum Gasteiger partial charge on any atom is 0.260 e. The highest BCUT2D eigenvalue weighted by Crippen LogP contribution is 2.21. The van der Waals surface area contributed by atoms with E-state index < -0.39 is 0 Å². The summed E-state index contributed by atoms with van der Waals surface area (Å²) in [6.45, 7) is 4.71. The van der Waals surface area contributed by atoms with Gasteiger partial charge in [0.05, 0.1) is 16.6 Å². The van der Waals surface area contributed by atoms with Gasteiger partial charge in [0, 0.05) is 12.2 Å². The second-order valence-corrected chi connectivity index (χ2v) is 5.79. The fourth-order valence-electron chi connectivity index (χ4n) is 2.54.